The van der Waals surface area contributed by atoms with Crippen molar-refractivity contribution in [3.05, 3.63) is 39.9 Å². The lowest BCUT2D eigenvalue weighted by Crippen LogP contribution is -2.38. The highest BCUT2D eigenvalue weighted by molar-refractivity contribution is 5.34. The van der Waals surface area contributed by atoms with Gasteiger partial charge in [-0.25, -0.2) is 0 Å². The summed E-state index contributed by atoms with van der Waals surface area (Å²) in [7, 11) is 0. The van der Waals surface area contributed by atoms with Crippen LogP contribution in [0.4, 0.5) is 18.9 Å². The minimum absolute atomic E-state index is 0.00875. The van der Waals surface area contributed by atoms with Crippen LogP contribution >= 0.6 is 0 Å². The van der Waals surface area contributed by atoms with Crippen molar-refractivity contribution in [1.29, 1.82) is 0 Å². The lowest BCUT2D eigenvalue weighted by atomic mass is 10.2. The summed E-state index contributed by atoms with van der Waals surface area (Å²) in [5, 5.41) is 21.6. The Kier molecular flexibility index (Phi) is 4.62. The van der Waals surface area contributed by atoms with Gasteiger partial charge in [-0.1, -0.05) is 12.1 Å². The molecule has 2 N–H and O–H groups in total. The number of alkyl halides is 3. The Morgan fingerprint density at radius 3 is 2.67 bits per heavy atom. The molecule has 1 atom stereocenters. The first-order valence-electron chi connectivity index (χ1n) is 4.99. The summed E-state index contributed by atoms with van der Waals surface area (Å²) in [6.07, 6.45) is -7.12. The SMILES string of the molecule is O=[N+]([O-])c1cccc(CNCC(O)C(F)(F)F)c1. The number of aliphatic hydroxyl groups is 1. The van der Waals surface area contributed by atoms with Gasteiger partial charge in [-0.2, -0.15) is 13.2 Å². The summed E-state index contributed by atoms with van der Waals surface area (Å²) >= 11 is 0. The highest BCUT2D eigenvalue weighted by Gasteiger charge is 2.37. The zero-order chi connectivity index (χ0) is 13.8. The van der Waals surface area contributed by atoms with Crippen molar-refractivity contribution < 1.29 is 23.2 Å². The molecule has 8 heteroatoms. The van der Waals surface area contributed by atoms with Crippen LogP contribution in [0.15, 0.2) is 24.3 Å². The Morgan fingerprint density at radius 2 is 2.11 bits per heavy atom. The molecule has 0 aliphatic carbocycles. The molecule has 0 amide bonds. The zero-order valence-electron chi connectivity index (χ0n) is 9.15. The van der Waals surface area contributed by atoms with Gasteiger partial charge < -0.3 is 10.4 Å². The molecule has 0 aromatic heterocycles. The number of benzene rings is 1. The summed E-state index contributed by atoms with van der Waals surface area (Å²) in [5.74, 6) is 0. The maximum atomic E-state index is 12.0. The standard InChI is InChI=1S/C10H11F3N2O3/c11-10(12,13)9(16)6-14-5-7-2-1-3-8(4-7)15(17)18/h1-4,9,14,16H,5-6H2. The maximum Gasteiger partial charge on any atom is 0.415 e. The molecule has 0 heterocycles. The normalized spacial score (nSPS) is 13.3. The van der Waals surface area contributed by atoms with E-state index >= 15 is 0 Å². The molecular weight excluding hydrogens is 253 g/mol. The van der Waals surface area contributed by atoms with E-state index in [1.54, 1.807) is 6.07 Å². The monoisotopic (exact) mass is 264 g/mol. The van der Waals surface area contributed by atoms with Crippen molar-refractivity contribution in [1.82, 2.24) is 5.32 Å². The van der Waals surface area contributed by atoms with Crippen molar-refractivity contribution in [2.24, 2.45) is 0 Å². The molecule has 100 valence electrons. The van der Waals surface area contributed by atoms with Crippen LogP contribution in [0.1, 0.15) is 5.56 Å². The number of nitro benzene ring substituents is 1. The van der Waals surface area contributed by atoms with Crippen LogP contribution in [0.2, 0.25) is 0 Å². The van der Waals surface area contributed by atoms with E-state index < -0.39 is 23.7 Å². The Balaban J connectivity index is 2.49. The molecule has 0 spiro atoms. The first kappa shape index (κ1) is 14.4. The molecule has 1 rings (SSSR count). The van der Waals surface area contributed by atoms with Crippen molar-refractivity contribution >= 4 is 5.69 Å². The lowest BCUT2D eigenvalue weighted by molar-refractivity contribution is -0.384. The van der Waals surface area contributed by atoms with E-state index in [9.17, 15) is 23.3 Å². The fourth-order valence-corrected chi connectivity index (χ4v) is 1.25. The number of halogens is 3. The number of nitrogens with one attached hydrogen (secondary N) is 1. The average Bonchev–Trinajstić information content (AvgIpc) is 2.28. The third-order valence-electron chi connectivity index (χ3n) is 2.17. The van der Waals surface area contributed by atoms with Gasteiger partial charge in [-0.3, -0.25) is 10.1 Å². The van der Waals surface area contributed by atoms with E-state index in [4.69, 9.17) is 5.11 Å². The van der Waals surface area contributed by atoms with Gasteiger partial charge in [0.2, 0.25) is 0 Å². The molecule has 0 radical (unpaired) electrons. The van der Waals surface area contributed by atoms with E-state index in [0.717, 1.165) is 0 Å². The van der Waals surface area contributed by atoms with Crippen LogP contribution in [0.5, 0.6) is 0 Å². The Bertz CT molecular complexity index is 423. The van der Waals surface area contributed by atoms with Gasteiger partial charge in [0.25, 0.3) is 5.69 Å². The maximum absolute atomic E-state index is 12.0. The third-order valence-corrected chi connectivity index (χ3v) is 2.17. The van der Waals surface area contributed by atoms with E-state index in [1.807, 2.05) is 0 Å². The number of hydrogen-bond donors (Lipinski definition) is 2. The zero-order valence-corrected chi connectivity index (χ0v) is 9.15. The van der Waals surface area contributed by atoms with Crippen LogP contribution in [0, 0.1) is 10.1 Å². The molecule has 0 bridgehead atoms. The summed E-state index contributed by atoms with van der Waals surface area (Å²) in [6, 6.07) is 5.52. The third kappa shape index (κ3) is 4.30. The first-order valence-corrected chi connectivity index (χ1v) is 4.99. The van der Waals surface area contributed by atoms with E-state index in [-0.39, 0.29) is 12.2 Å². The Hall–Kier alpha value is -1.67. The average molecular weight is 264 g/mol. The molecule has 0 saturated heterocycles. The highest BCUT2D eigenvalue weighted by Crippen LogP contribution is 2.19. The second-order valence-corrected chi connectivity index (χ2v) is 3.62. The number of non-ortho nitro benzene ring substituents is 1. The van der Waals surface area contributed by atoms with E-state index in [0.29, 0.717) is 5.56 Å². The molecule has 1 unspecified atom stereocenters. The molecular formula is C10H11F3N2O3. The van der Waals surface area contributed by atoms with Crippen LogP contribution in [0.3, 0.4) is 0 Å². The quantitative estimate of drug-likeness (QED) is 0.625. The molecule has 0 aliphatic rings. The summed E-state index contributed by atoms with van der Waals surface area (Å²) in [6.45, 7) is -0.652. The van der Waals surface area contributed by atoms with E-state index in [2.05, 4.69) is 5.32 Å². The number of nitro groups is 1. The number of hydrogen-bond acceptors (Lipinski definition) is 4. The fourth-order valence-electron chi connectivity index (χ4n) is 1.25. The van der Waals surface area contributed by atoms with Crippen molar-refractivity contribution in [3.8, 4) is 0 Å². The van der Waals surface area contributed by atoms with Crippen LogP contribution in [0.25, 0.3) is 0 Å². The number of rotatable bonds is 5. The highest BCUT2D eigenvalue weighted by atomic mass is 19.4. The summed E-state index contributed by atoms with van der Waals surface area (Å²) < 4.78 is 35.9. The molecule has 18 heavy (non-hydrogen) atoms. The minimum atomic E-state index is -4.67. The largest absolute Gasteiger partial charge is 0.415 e. The van der Waals surface area contributed by atoms with Gasteiger partial charge in [0, 0.05) is 25.2 Å². The molecule has 0 saturated carbocycles. The molecule has 0 aliphatic heterocycles. The van der Waals surface area contributed by atoms with Gasteiger partial charge in [0.15, 0.2) is 6.10 Å². The summed E-state index contributed by atoms with van der Waals surface area (Å²) in [5.41, 5.74) is 0.337. The van der Waals surface area contributed by atoms with Crippen LogP contribution < -0.4 is 5.32 Å². The molecule has 0 fully saturated rings. The Morgan fingerprint density at radius 1 is 1.44 bits per heavy atom. The molecule has 5 nitrogen and oxygen atoms in total. The minimum Gasteiger partial charge on any atom is -0.382 e. The van der Waals surface area contributed by atoms with Gasteiger partial charge in [0.05, 0.1) is 4.92 Å². The second kappa shape index (κ2) is 5.78. The second-order valence-electron chi connectivity index (χ2n) is 3.62. The lowest BCUT2D eigenvalue weighted by Gasteiger charge is -2.14. The van der Waals surface area contributed by atoms with Gasteiger partial charge in [-0.05, 0) is 5.56 Å². The van der Waals surface area contributed by atoms with Crippen LogP contribution in [-0.4, -0.2) is 28.9 Å². The molecule has 1 aromatic rings. The topological polar surface area (TPSA) is 75.4 Å². The van der Waals surface area contributed by atoms with Crippen molar-refractivity contribution in [2.45, 2.75) is 18.8 Å². The van der Waals surface area contributed by atoms with Crippen LogP contribution in [-0.2, 0) is 6.54 Å². The molecule has 1 aromatic carbocycles. The van der Waals surface area contributed by atoms with Crippen molar-refractivity contribution in [2.75, 3.05) is 6.54 Å². The predicted molar refractivity (Wildman–Crippen MR) is 56.9 cm³/mol. The van der Waals surface area contributed by atoms with Gasteiger partial charge >= 0.3 is 6.18 Å². The van der Waals surface area contributed by atoms with Gasteiger partial charge in [-0.15, -0.1) is 0 Å². The number of nitrogens with zero attached hydrogens (tertiary/aromatic N) is 1. The Labute approximate surface area is 100 Å². The number of aliphatic hydroxyl groups excluding tert-OH is 1. The first-order chi connectivity index (χ1) is 8.30. The summed E-state index contributed by atoms with van der Waals surface area (Å²) in [4.78, 5) is 9.87. The smallest absolute Gasteiger partial charge is 0.382 e. The fraction of sp³-hybridized carbons (Fsp3) is 0.400. The van der Waals surface area contributed by atoms with Gasteiger partial charge in [0.1, 0.15) is 0 Å². The van der Waals surface area contributed by atoms with E-state index in [1.165, 1.54) is 18.2 Å². The van der Waals surface area contributed by atoms with Crippen molar-refractivity contribution in [3.63, 3.8) is 0 Å². The predicted octanol–water partition coefficient (Wildman–Crippen LogP) is 1.61.